The van der Waals surface area contributed by atoms with E-state index in [2.05, 4.69) is 88.8 Å². The largest absolute Gasteiger partial charge is 0.507 e. The monoisotopic (exact) mass is 830 g/mol. The average molecular weight is 831 g/mol. The van der Waals surface area contributed by atoms with Crippen molar-refractivity contribution in [3.8, 4) is 0 Å². The molecule has 0 spiro atoms. The van der Waals surface area contributed by atoms with Crippen LogP contribution in [0.2, 0.25) is 0 Å². The maximum absolute atomic E-state index is 5.53. The minimum absolute atomic E-state index is 0.0465. The quantitative estimate of drug-likeness (QED) is 0.183. The number of nitrogens with zero attached hydrogens (tertiary/aromatic N) is 1. The van der Waals surface area contributed by atoms with E-state index in [-0.39, 0.29) is 7.92 Å². The number of benzene rings is 2. The zero-order valence-electron chi connectivity index (χ0n) is 32.9. The summed E-state index contributed by atoms with van der Waals surface area (Å²) < 4.78 is 1.88. The fraction of sp³-hybridized carbons (Fsp3) is 0.636. The van der Waals surface area contributed by atoms with Gasteiger partial charge in [0.2, 0.25) is 0 Å². The molecule has 1 N–H and O–H groups in total. The van der Waals surface area contributed by atoms with E-state index in [1.807, 2.05) is 24.5 Å². The van der Waals surface area contributed by atoms with E-state index in [0.717, 1.165) is 13.1 Å². The molecule has 3 aliphatic carbocycles. The first-order valence-corrected chi connectivity index (χ1v) is 26.9. The summed E-state index contributed by atoms with van der Waals surface area (Å²) in [5, 5.41) is 3.24. The number of nitrogens with one attached hydrogen (secondary N) is 1. The second kappa shape index (κ2) is 24.0. The van der Waals surface area contributed by atoms with Gasteiger partial charge in [-0.05, 0) is 143 Å². The van der Waals surface area contributed by atoms with Crippen molar-refractivity contribution in [3.63, 3.8) is 0 Å². The van der Waals surface area contributed by atoms with Crippen molar-refractivity contribution in [1.29, 1.82) is 0 Å². The van der Waals surface area contributed by atoms with Crippen LogP contribution in [0.3, 0.4) is 0 Å². The van der Waals surface area contributed by atoms with E-state index in [1.165, 1.54) is 61.6 Å². The summed E-state index contributed by atoms with van der Waals surface area (Å²) in [5.74, 6) is 0. The Morgan fingerprint density at radius 1 is 0.660 bits per heavy atom. The number of anilines is 1. The Labute approximate surface area is 323 Å². The van der Waals surface area contributed by atoms with Crippen molar-refractivity contribution >= 4 is 37.6 Å². The Morgan fingerprint density at radius 3 is 1.34 bits per heavy atom. The third-order valence-corrected chi connectivity index (χ3v) is 17.1. The van der Waals surface area contributed by atoms with Gasteiger partial charge >= 0.3 is 63.0 Å². The smallest absolute Gasteiger partial charge is 0.0141 e. The van der Waals surface area contributed by atoms with E-state index in [4.69, 9.17) is 19.4 Å². The maximum atomic E-state index is 5.53. The Morgan fingerprint density at radius 2 is 1.04 bits per heavy atom. The van der Waals surface area contributed by atoms with Crippen molar-refractivity contribution in [3.05, 3.63) is 82.0 Å². The van der Waals surface area contributed by atoms with E-state index >= 15 is 0 Å². The Kier molecular flexibility index (Phi) is 21.0. The molecule has 6 heteroatoms. The number of halogens is 2. The zero-order valence-corrected chi connectivity index (χ0v) is 37.2. The van der Waals surface area contributed by atoms with Gasteiger partial charge in [-0.2, -0.15) is 6.67 Å². The SMILES string of the molecule is C1CCC([PH+](C2CCCCC2)C2CCCCC2)CC1.CC(C)=C[CH]=[Ru]([Cl])[Cl].Cc1cc(C)c(N2[CH-]NCC2)c(C)c1.Cc1cc(C)cc(C)c1. The van der Waals surface area contributed by atoms with Gasteiger partial charge in [0.05, 0.1) is 17.0 Å². The normalized spacial score (nSPS) is 18.9. The maximum Gasteiger partial charge on any atom is 0.0141 e. The van der Waals surface area contributed by atoms with Crippen molar-refractivity contribution in [2.75, 3.05) is 18.0 Å². The molecule has 0 bridgehead atoms. The van der Waals surface area contributed by atoms with E-state index in [0.29, 0.717) is 0 Å². The summed E-state index contributed by atoms with van der Waals surface area (Å²) in [6, 6.07) is 11.1. The van der Waals surface area contributed by atoms with Crippen LogP contribution in [0.1, 0.15) is 144 Å². The first-order valence-electron chi connectivity index (χ1n) is 19.7. The van der Waals surface area contributed by atoms with Crippen molar-refractivity contribution in [2.45, 2.75) is 169 Å². The molecule has 0 atom stereocenters. The summed E-state index contributed by atoms with van der Waals surface area (Å²) in [4.78, 5) is 2.30. The number of hydrogen-bond acceptors (Lipinski definition) is 2. The molecule has 0 radical (unpaired) electrons. The summed E-state index contributed by atoms with van der Waals surface area (Å²) in [5.41, 5.74) is 14.4. The molecule has 2 nitrogen and oxygen atoms in total. The number of rotatable bonds is 5. The van der Waals surface area contributed by atoms with E-state index in [1.54, 1.807) is 96.3 Å². The Balaban J connectivity index is 0.000000192. The molecule has 50 heavy (non-hydrogen) atoms. The Hall–Kier alpha value is -0.557. The van der Waals surface area contributed by atoms with E-state index in [9.17, 15) is 0 Å². The predicted octanol–water partition coefficient (Wildman–Crippen LogP) is 13.6. The van der Waals surface area contributed by atoms with Crippen LogP contribution in [-0.4, -0.2) is 34.7 Å². The van der Waals surface area contributed by atoms with Crippen LogP contribution in [0.25, 0.3) is 0 Å². The number of allylic oxidation sites excluding steroid dienone is 2. The first kappa shape index (κ1) is 43.8. The van der Waals surface area contributed by atoms with Gasteiger partial charge in [0.25, 0.3) is 0 Å². The van der Waals surface area contributed by atoms with Crippen molar-refractivity contribution in [1.82, 2.24) is 5.32 Å². The standard InChI is InChI=1S/C18H33P.C12H17N2.C9H12.C5H8.2ClH.Ru/c1-4-10-16(11-5-1)19(17-12-6-2-7-13-17)18-14-8-3-9-15-18;1-9-6-10(2)12(11(3)7-9)14-5-4-13-8-14;1-7-4-8(2)6-9(3)5-7;1-4-5(2)3;;;/h16-18H,1-15H2;6-8,13H,4-5H2,1-3H3;4-6H,1-3H3;1,4H,2-3H3;2*1H;/q;-1;;;;;+2/p-1. The molecule has 6 rings (SSSR count). The molecule has 0 aromatic heterocycles. The fourth-order valence-corrected chi connectivity index (χ4v) is 15.4. The minimum Gasteiger partial charge on any atom is -0.507 e. The van der Waals surface area contributed by atoms with Crippen LogP contribution in [0.5, 0.6) is 0 Å². The van der Waals surface area contributed by atoms with Crippen LogP contribution in [0, 0.1) is 48.2 Å². The molecule has 4 aliphatic rings. The molecule has 0 amide bonds. The van der Waals surface area contributed by atoms with Gasteiger partial charge in [-0.25, -0.2) is 0 Å². The average Bonchev–Trinajstić information content (AvgIpc) is 3.60. The topological polar surface area (TPSA) is 15.3 Å². The molecular formula is C44H71Cl2N2PRu. The minimum atomic E-state index is -1.52. The van der Waals surface area contributed by atoms with Crippen LogP contribution in [0.4, 0.5) is 5.69 Å². The molecule has 1 saturated heterocycles. The van der Waals surface area contributed by atoms with Crippen LogP contribution in [-0.2, 0) is 13.5 Å². The van der Waals surface area contributed by atoms with Gasteiger partial charge in [-0.15, -0.1) is 0 Å². The summed E-state index contributed by atoms with van der Waals surface area (Å²) in [6.45, 7) is 21.1. The van der Waals surface area contributed by atoms with Gasteiger partial charge in [0.15, 0.2) is 0 Å². The van der Waals surface area contributed by atoms with Crippen molar-refractivity contribution < 1.29 is 13.5 Å². The predicted molar refractivity (Wildman–Crippen MR) is 227 cm³/mol. The van der Waals surface area contributed by atoms with Gasteiger partial charge in [0.1, 0.15) is 0 Å². The van der Waals surface area contributed by atoms with Crippen LogP contribution < -0.4 is 10.2 Å². The number of hydrogen-bond donors (Lipinski definition) is 1. The van der Waals surface area contributed by atoms with Crippen LogP contribution >= 0.6 is 27.3 Å². The third kappa shape index (κ3) is 16.2. The van der Waals surface area contributed by atoms with Gasteiger partial charge < -0.3 is 10.2 Å². The summed E-state index contributed by atoms with van der Waals surface area (Å²) >= 11 is -1.52. The zero-order chi connectivity index (χ0) is 36.5. The second-order valence-corrected chi connectivity index (χ2v) is 25.0. The molecule has 4 fully saturated rings. The molecule has 3 saturated carbocycles. The molecular weight excluding hydrogens is 759 g/mol. The summed E-state index contributed by atoms with van der Waals surface area (Å²) in [7, 11) is 11.0. The fourth-order valence-electron chi connectivity index (χ4n) is 8.90. The molecule has 2 aromatic carbocycles. The third-order valence-electron chi connectivity index (χ3n) is 10.7. The first-order chi connectivity index (χ1) is 23.9. The molecule has 0 unspecified atom stereocenters. The van der Waals surface area contributed by atoms with Gasteiger partial charge in [0, 0.05) is 13.6 Å². The van der Waals surface area contributed by atoms with Gasteiger partial charge in [-0.1, -0.05) is 71.8 Å². The molecule has 284 valence electrons. The molecule has 2 aromatic rings. The van der Waals surface area contributed by atoms with Gasteiger partial charge in [-0.3, -0.25) is 0 Å². The Bertz CT molecular complexity index is 1190. The molecule has 1 heterocycles. The summed E-state index contributed by atoms with van der Waals surface area (Å²) in [6.07, 6.45) is 25.7. The van der Waals surface area contributed by atoms with E-state index < -0.39 is 13.5 Å². The second-order valence-electron chi connectivity index (χ2n) is 15.8. The van der Waals surface area contributed by atoms with Crippen LogP contribution in [0.15, 0.2) is 42.0 Å². The number of aryl methyl sites for hydroxylation is 6. The van der Waals surface area contributed by atoms with Crippen molar-refractivity contribution in [2.24, 2.45) is 0 Å². The molecule has 1 aliphatic heterocycles.